The summed E-state index contributed by atoms with van der Waals surface area (Å²) in [6.45, 7) is 4.02. The highest BCUT2D eigenvalue weighted by Crippen LogP contribution is 2.31. The number of benzene rings is 1. The lowest BCUT2D eigenvalue weighted by Gasteiger charge is -2.08. The molecule has 1 aromatic carbocycles. The molecule has 0 fully saturated rings. The molecule has 0 spiro atoms. The van der Waals surface area contributed by atoms with E-state index in [2.05, 4.69) is 27.2 Å². The van der Waals surface area contributed by atoms with E-state index in [1.54, 1.807) is 30.9 Å². The number of carbonyl (C=O) groups is 1. The zero-order chi connectivity index (χ0) is 19.2. The third-order valence-electron chi connectivity index (χ3n) is 3.67. The number of carbonyl (C=O) groups excluding carboxylic acids is 1. The highest BCUT2D eigenvalue weighted by Gasteiger charge is 2.14. The van der Waals surface area contributed by atoms with Gasteiger partial charge in [-0.25, -0.2) is 0 Å². The van der Waals surface area contributed by atoms with Gasteiger partial charge in [-0.05, 0) is 30.3 Å². The quantitative estimate of drug-likeness (QED) is 0.469. The van der Waals surface area contributed by atoms with E-state index in [0.29, 0.717) is 34.5 Å². The lowest BCUT2D eigenvalue weighted by Crippen LogP contribution is -2.24. The number of ether oxygens (including phenoxy) is 2. The average molecular weight is 385 g/mol. The summed E-state index contributed by atoms with van der Waals surface area (Å²) in [5.41, 5.74) is 1.40. The van der Waals surface area contributed by atoms with Gasteiger partial charge in [0.2, 0.25) is 5.91 Å². The Morgan fingerprint density at radius 3 is 2.78 bits per heavy atom. The maximum absolute atomic E-state index is 11.7. The first-order valence-electron chi connectivity index (χ1n) is 8.11. The van der Waals surface area contributed by atoms with Crippen LogP contribution in [0.15, 0.2) is 48.0 Å². The molecule has 3 rings (SSSR count). The Bertz CT molecular complexity index is 973. The van der Waals surface area contributed by atoms with Gasteiger partial charge in [-0.3, -0.25) is 4.79 Å². The Morgan fingerprint density at radius 2 is 2.04 bits per heavy atom. The number of methoxy groups -OCH3 is 2. The van der Waals surface area contributed by atoms with Crippen molar-refractivity contribution < 1.29 is 14.3 Å². The van der Waals surface area contributed by atoms with Gasteiger partial charge in [0.05, 0.1) is 20.0 Å². The topological polar surface area (TPSA) is 90.6 Å². The monoisotopic (exact) mass is 385 g/mol. The van der Waals surface area contributed by atoms with Crippen molar-refractivity contribution in [3.63, 3.8) is 0 Å². The second kappa shape index (κ2) is 8.54. The summed E-state index contributed by atoms with van der Waals surface area (Å²) in [4.78, 5) is 11.7. The first-order chi connectivity index (χ1) is 13.2. The molecular formula is C18H19N5O3S. The third-order valence-corrected chi connectivity index (χ3v) is 4.59. The van der Waals surface area contributed by atoms with Crippen molar-refractivity contribution in [3.05, 3.63) is 43.0 Å². The van der Waals surface area contributed by atoms with Gasteiger partial charge in [0.25, 0.3) is 0 Å². The van der Waals surface area contributed by atoms with Crippen LogP contribution in [-0.2, 0) is 4.79 Å². The van der Waals surface area contributed by atoms with Crippen LogP contribution in [0.3, 0.4) is 0 Å². The number of rotatable bonds is 8. The Balaban J connectivity index is 1.87. The molecule has 3 aromatic rings. The van der Waals surface area contributed by atoms with Gasteiger partial charge in [0.15, 0.2) is 23.0 Å². The fraction of sp³-hybridized carbons (Fsp3) is 0.222. The van der Waals surface area contributed by atoms with E-state index in [9.17, 15) is 4.79 Å². The van der Waals surface area contributed by atoms with Gasteiger partial charge in [0, 0.05) is 12.1 Å². The lowest BCUT2D eigenvalue weighted by atomic mass is 10.2. The van der Waals surface area contributed by atoms with Crippen molar-refractivity contribution in [2.24, 2.45) is 0 Å². The lowest BCUT2D eigenvalue weighted by molar-refractivity contribution is -0.118. The van der Waals surface area contributed by atoms with E-state index in [1.807, 2.05) is 24.3 Å². The largest absolute Gasteiger partial charge is 0.493 e. The maximum atomic E-state index is 11.7. The normalized spacial score (nSPS) is 10.6. The van der Waals surface area contributed by atoms with Gasteiger partial charge >= 0.3 is 0 Å². The molecule has 0 saturated carbocycles. The van der Waals surface area contributed by atoms with E-state index in [-0.39, 0.29) is 11.7 Å². The van der Waals surface area contributed by atoms with Gasteiger partial charge < -0.3 is 14.8 Å². The van der Waals surface area contributed by atoms with Crippen LogP contribution in [0.2, 0.25) is 0 Å². The molecule has 0 aliphatic heterocycles. The van der Waals surface area contributed by atoms with Crippen molar-refractivity contribution in [2.75, 3.05) is 26.5 Å². The Kier molecular flexibility index (Phi) is 5.92. The summed E-state index contributed by atoms with van der Waals surface area (Å²) in [6, 6.07) is 9.11. The number of aromatic nitrogens is 4. The van der Waals surface area contributed by atoms with Crippen LogP contribution in [-0.4, -0.2) is 52.2 Å². The van der Waals surface area contributed by atoms with E-state index < -0.39 is 0 Å². The summed E-state index contributed by atoms with van der Waals surface area (Å²) in [7, 11) is 3.16. The number of thioether (sulfide) groups is 1. The molecule has 0 atom stereocenters. The predicted octanol–water partition coefficient (Wildman–Crippen LogP) is 2.20. The van der Waals surface area contributed by atoms with Crippen LogP contribution >= 0.6 is 11.8 Å². The molecule has 0 bridgehead atoms. The van der Waals surface area contributed by atoms with Crippen LogP contribution in [0.4, 0.5) is 0 Å². The number of hydrogen-bond acceptors (Lipinski definition) is 7. The standard InChI is InChI=1S/C18H19N5O3S/c1-4-9-19-16(24)11-27-17-8-7-15-20-21-18(23(15)22-17)12-5-6-13(25-2)14(10-12)26-3/h4-8,10H,1,9,11H2,2-3H3,(H,19,24). The Hall–Kier alpha value is -3.07. The fourth-order valence-corrected chi connectivity index (χ4v) is 3.07. The molecule has 2 aromatic heterocycles. The zero-order valence-electron chi connectivity index (χ0n) is 15.0. The minimum Gasteiger partial charge on any atom is -0.493 e. The molecule has 0 radical (unpaired) electrons. The first-order valence-corrected chi connectivity index (χ1v) is 9.10. The van der Waals surface area contributed by atoms with Crippen molar-refractivity contribution in [1.82, 2.24) is 25.1 Å². The predicted molar refractivity (Wildman–Crippen MR) is 103 cm³/mol. The molecule has 9 heteroatoms. The molecule has 2 heterocycles. The Morgan fingerprint density at radius 1 is 1.22 bits per heavy atom. The van der Waals surface area contributed by atoms with Crippen molar-refractivity contribution >= 4 is 23.3 Å². The maximum Gasteiger partial charge on any atom is 0.230 e. The fourth-order valence-electron chi connectivity index (χ4n) is 2.38. The molecule has 0 aliphatic carbocycles. The summed E-state index contributed by atoms with van der Waals surface area (Å²) in [6.07, 6.45) is 1.64. The number of amides is 1. The highest BCUT2D eigenvalue weighted by molar-refractivity contribution is 7.99. The van der Waals surface area contributed by atoms with Crippen LogP contribution in [0.25, 0.3) is 17.0 Å². The first kappa shape index (κ1) is 18.7. The zero-order valence-corrected chi connectivity index (χ0v) is 15.8. The molecule has 0 unspecified atom stereocenters. The molecule has 1 N–H and O–H groups in total. The van der Waals surface area contributed by atoms with Crippen molar-refractivity contribution in [3.8, 4) is 22.9 Å². The Labute approximate surface area is 160 Å². The van der Waals surface area contributed by atoms with Gasteiger partial charge in [-0.2, -0.15) is 9.61 Å². The summed E-state index contributed by atoms with van der Waals surface area (Å²) < 4.78 is 12.3. The highest BCUT2D eigenvalue weighted by atomic mass is 32.2. The molecular weight excluding hydrogens is 366 g/mol. The molecule has 8 nitrogen and oxygen atoms in total. The van der Waals surface area contributed by atoms with Crippen molar-refractivity contribution in [2.45, 2.75) is 5.03 Å². The van der Waals surface area contributed by atoms with Gasteiger partial charge in [-0.1, -0.05) is 17.8 Å². The molecule has 0 saturated heterocycles. The molecule has 27 heavy (non-hydrogen) atoms. The minimum absolute atomic E-state index is 0.0781. The van der Waals surface area contributed by atoms with Crippen molar-refractivity contribution in [1.29, 1.82) is 0 Å². The smallest absolute Gasteiger partial charge is 0.230 e. The van der Waals surface area contributed by atoms with Gasteiger partial charge in [-0.15, -0.1) is 16.8 Å². The van der Waals surface area contributed by atoms with Crippen LogP contribution < -0.4 is 14.8 Å². The van der Waals surface area contributed by atoms with E-state index in [0.717, 1.165) is 5.56 Å². The third kappa shape index (κ3) is 4.20. The average Bonchev–Trinajstić information content (AvgIpc) is 3.13. The molecule has 140 valence electrons. The van der Waals surface area contributed by atoms with E-state index >= 15 is 0 Å². The van der Waals surface area contributed by atoms with Crippen LogP contribution in [0.5, 0.6) is 11.5 Å². The second-order valence-electron chi connectivity index (χ2n) is 5.42. The summed E-state index contributed by atoms with van der Waals surface area (Å²) >= 11 is 1.34. The van der Waals surface area contributed by atoms with Gasteiger partial charge in [0.1, 0.15) is 5.03 Å². The van der Waals surface area contributed by atoms with E-state index in [4.69, 9.17) is 9.47 Å². The molecule has 0 aliphatic rings. The van der Waals surface area contributed by atoms with Crippen LogP contribution in [0.1, 0.15) is 0 Å². The van der Waals surface area contributed by atoms with E-state index in [1.165, 1.54) is 11.8 Å². The van der Waals surface area contributed by atoms with Crippen LogP contribution in [0, 0.1) is 0 Å². The number of fused-ring (bicyclic) bond motifs is 1. The summed E-state index contributed by atoms with van der Waals surface area (Å²) in [5.74, 6) is 1.98. The summed E-state index contributed by atoms with van der Waals surface area (Å²) in [5, 5.41) is 16.3. The number of nitrogens with one attached hydrogen (secondary N) is 1. The number of nitrogens with zero attached hydrogens (tertiary/aromatic N) is 4. The molecule has 1 amide bonds. The minimum atomic E-state index is -0.0781. The number of hydrogen-bond donors (Lipinski definition) is 1. The SMILES string of the molecule is C=CCNC(=O)CSc1ccc2nnc(-c3ccc(OC)c(OC)c3)n2n1. The second-order valence-corrected chi connectivity index (χ2v) is 6.41.